The Hall–Kier alpha value is -3.73. The van der Waals surface area contributed by atoms with Gasteiger partial charge in [-0.15, -0.1) is 0 Å². The molecule has 2 amide bonds. The number of anilines is 1. The highest BCUT2D eigenvalue weighted by Crippen LogP contribution is 2.49. The molecule has 0 aliphatic carbocycles. The van der Waals surface area contributed by atoms with Gasteiger partial charge in [-0.05, 0) is 51.1 Å². The highest BCUT2D eigenvalue weighted by Gasteiger charge is 2.59. The average Bonchev–Trinajstić information content (AvgIpc) is 3.26. The van der Waals surface area contributed by atoms with Gasteiger partial charge in [-0.2, -0.15) is 4.31 Å². The molecule has 2 saturated heterocycles. The summed E-state index contributed by atoms with van der Waals surface area (Å²) in [5, 5.41) is 0. The first-order valence-corrected chi connectivity index (χ1v) is 15.9. The van der Waals surface area contributed by atoms with Crippen LogP contribution in [0.25, 0.3) is 0 Å². The number of aryl methyl sites for hydroxylation is 1. The number of likely N-dealkylation sites (tertiary alicyclic amines) is 1. The first-order chi connectivity index (χ1) is 20.2. The van der Waals surface area contributed by atoms with Crippen molar-refractivity contribution in [3.63, 3.8) is 0 Å². The highest BCUT2D eigenvalue weighted by molar-refractivity contribution is 7.93. The molecule has 0 aromatic heterocycles. The molecule has 9 nitrogen and oxygen atoms in total. The van der Waals surface area contributed by atoms with E-state index >= 15 is 0 Å². The van der Waals surface area contributed by atoms with Crippen LogP contribution in [0.4, 0.5) is 10.5 Å². The maximum Gasteiger partial charge on any atom is 0.411 e. The van der Waals surface area contributed by atoms with Crippen molar-refractivity contribution in [1.82, 2.24) is 14.7 Å². The fourth-order valence-electron chi connectivity index (χ4n) is 6.32. The van der Waals surface area contributed by atoms with Crippen molar-refractivity contribution in [2.75, 3.05) is 50.6 Å². The minimum Gasteiger partial charge on any atom is -0.422 e. The van der Waals surface area contributed by atoms with Crippen molar-refractivity contribution < 1.29 is 22.7 Å². The van der Waals surface area contributed by atoms with Crippen LogP contribution in [-0.2, 0) is 25.2 Å². The molecule has 3 aliphatic rings. The molecule has 3 aromatic carbocycles. The van der Waals surface area contributed by atoms with Crippen molar-refractivity contribution in [1.29, 1.82) is 0 Å². The van der Waals surface area contributed by atoms with Crippen molar-refractivity contribution in [2.24, 2.45) is 0 Å². The SMILES string of the molecule is Cc1ccc2c(c1)C(OC(=O)N1CCC(N3CCN(C)CC3)CC1)(c1ccccc1)C(=O)N2S(=O)(=O)c1ccccc1. The van der Waals surface area contributed by atoms with Gasteiger partial charge in [0.25, 0.3) is 15.9 Å². The number of amides is 2. The number of benzene rings is 3. The molecule has 0 bridgehead atoms. The van der Waals surface area contributed by atoms with Gasteiger partial charge in [0.2, 0.25) is 5.60 Å². The van der Waals surface area contributed by atoms with Gasteiger partial charge in [-0.1, -0.05) is 60.2 Å². The van der Waals surface area contributed by atoms with Gasteiger partial charge < -0.3 is 14.5 Å². The van der Waals surface area contributed by atoms with E-state index in [9.17, 15) is 18.0 Å². The molecular weight excluding hydrogens is 552 g/mol. The molecule has 10 heteroatoms. The Balaban J connectivity index is 1.35. The lowest BCUT2D eigenvalue weighted by atomic mass is 9.86. The molecule has 0 saturated carbocycles. The van der Waals surface area contributed by atoms with E-state index < -0.39 is 27.6 Å². The normalized spacial score (nSPS) is 22.3. The fraction of sp³-hybridized carbons (Fsp3) is 0.375. The summed E-state index contributed by atoms with van der Waals surface area (Å²) in [5.74, 6) is -0.834. The van der Waals surface area contributed by atoms with Crippen LogP contribution in [-0.4, -0.2) is 87.5 Å². The number of hydrogen-bond acceptors (Lipinski definition) is 7. The van der Waals surface area contributed by atoms with Gasteiger partial charge in [-0.25, -0.2) is 13.2 Å². The molecular formula is C32H36N4O5S. The van der Waals surface area contributed by atoms with Gasteiger partial charge >= 0.3 is 6.09 Å². The predicted molar refractivity (Wildman–Crippen MR) is 160 cm³/mol. The number of hydrogen-bond donors (Lipinski definition) is 0. The molecule has 3 aliphatic heterocycles. The first kappa shape index (κ1) is 28.4. The molecule has 2 fully saturated rings. The second-order valence-corrected chi connectivity index (χ2v) is 13.2. The summed E-state index contributed by atoms with van der Waals surface area (Å²) in [6, 6.07) is 22.1. The quantitative estimate of drug-likeness (QED) is 0.448. The van der Waals surface area contributed by atoms with Gasteiger partial charge in [0.05, 0.1) is 10.6 Å². The van der Waals surface area contributed by atoms with E-state index in [4.69, 9.17) is 4.74 Å². The van der Waals surface area contributed by atoms with Gasteiger partial charge in [-0.3, -0.25) is 9.69 Å². The zero-order valence-electron chi connectivity index (χ0n) is 24.0. The van der Waals surface area contributed by atoms with E-state index in [1.807, 2.05) is 6.92 Å². The summed E-state index contributed by atoms with van der Waals surface area (Å²) in [6.45, 7) is 6.96. The number of carbonyl (C=O) groups is 2. The Morgan fingerprint density at radius 2 is 1.48 bits per heavy atom. The number of piperidine rings is 1. The van der Waals surface area contributed by atoms with Crippen LogP contribution in [0, 0.1) is 6.92 Å². The van der Waals surface area contributed by atoms with E-state index in [2.05, 4.69) is 16.8 Å². The first-order valence-electron chi connectivity index (χ1n) is 14.4. The minimum atomic E-state index is -4.31. The Morgan fingerprint density at radius 1 is 0.857 bits per heavy atom. The van der Waals surface area contributed by atoms with Crippen LogP contribution in [0.2, 0.25) is 0 Å². The number of piperazine rings is 1. The average molecular weight is 589 g/mol. The number of fused-ring (bicyclic) bond motifs is 1. The summed E-state index contributed by atoms with van der Waals surface area (Å²) < 4.78 is 35.0. The zero-order chi connectivity index (χ0) is 29.5. The lowest BCUT2D eigenvalue weighted by Crippen LogP contribution is -2.54. The van der Waals surface area contributed by atoms with Crippen LogP contribution in [0.1, 0.15) is 29.5 Å². The number of sulfonamides is 1. The predicted octanol–water partition coefficient (Wildman–Crippen LogP) is 3.82. The van der Waals surface area contributed by atoms with Crippen LogP contribution >= 0.6 is 0 Å². The maximum atomic E-state index is 14.6. The van der Waals surface area contributed by atoms with Crippen molar-refractivity contribution in [3.8, 4) is 0 Å². The summed E-state index contributed by atoms with van der Waals surface area (Å²) in [7, 11) is -2.17. The standard InChI is InChI=1S/C32H36N4O5S/c1-24-13-14-29-28(23-24)32(25-9-5-3-6-10-25,30(37)36(29)42(39,40)27-11-7-4-8-12-27)41-31(38)35-17-15-26(16-18-35)34-21-19-33(2)20-22-34/h3-14,23,26H,15-22H2,1-2H3. The van der Waals surface area contributed by atoms with Crippen molar-refractivity contribution >= 4 is 27.7 Å². The number of nitrogens with zero attached hydrogens (tertiary/aromatic N) is 4. The summed E-state index contributed by atoms with van der Waals surface area (Å²) >= 11 is 0. The molecule has 3 aromatic rings. The van der Waals surface area contributed by atoms with E-state index in [0.717, 1.165) is 48.9 Å². The highest BCUT2D eigenvalue weighted by atomic mass is 32.2. The van der Waals surface area contributed by atoms with Crippen LogP contribution in [0.15, 0.2) is 83.8 Å². The Kier molecular flexibility index (Phi) is 7.55. The van der Waals surface area contributed by atoms with E-state index in [1.165, 1.54) is 12.1 Å². The largest absolute Gasteiger partial charge is 0.422 e. The van der Waals surface area contributed by atoms with E-state index in [0.29, 0.717) is 30.3 Å². The van der Waals surface area contributed by atoms with E-state index in [1.54, 1.807) is 71.6 Å². The lowest BCUT2D eigenvalue weighted by molar-refractivity contribution is -0.132. The van der Waals surface area contributed by atoms with Crippen molar-refractivity contribution in [2.45, 2.75) is 36.3 Å². The van der Waals surface area contributed by atoms with Crippen LogP contribution in [0.3, 0.4) is 0 Å². The molecule has 42 heavy (non-hydrogen) atoms. The van der Waals surface area contributed by atoms with E-state index in [-0.39, 0.29) is 10.6 Å². The molecule has 220 valence electrons. The number of carbonyl (C=O) groups excluding carboxylic acids is 2. The third-order valence-corrected chi connectivity index (χ3v) is 10.4. The van der Waals surface area contributed by atoms with Gasteiger partial charge in [0.1, 0.15) is 0 Å². The topological polar surface area (TPSA) is 90.5 Å². The molecule has 0 radical (unpaired) electrons. The Labute approximate surface area is 247 Å². The van der Waals surface area contributed by atoms with Crippen LogP contribution in [0.5, 0.6) is 0 Å². The minimum absolute atomic E-state index is 0.0222. The fourth-order valence-corrected chi connectivity index (χ4v) is 7.80. The zero-order valence-corrected chi connectivity index (χ0v) is 24.8. The van der Waals surface area contributed by atoms with Crippen LogP contribution < -0.4 is 4.31 Å². The summed E-state index contributed by atoms with van der Waals surface area (Å²) in [5.41, 5.74) is -0.243. The third-order valence-electron chi connectivity index (χ3n) is 8.71. The second kappa shape index (κ2) is 11.2. The second-order valence-electron chi connectivity index (χ2n) is 11.4. The Morgan fingerprint density at radius 3 is 2.12 bits per heavy atom. The number of ether oxygens (including phenoxy) is 1. The molecule has 0 spiro atoms. The summed E-state index contributed by atoms with van der Waals surface area (Å²) in [4.78, 5) is 34.9. The van der Waals surface area contributed by atoms with Gasteiger partial charge in [0.15, 0.2) is 0 Å². The third kappa shape index (κ3) is 4.87. The molecule has 6 rings (SSSR count). The molecule has 0 N–H and O–H groups in total. The maximum absolute atomic E-state index is 14.6. The number of likely N-dealkylation sites (N-methyl/N-ethyl adjacent to an activating group) is 1. The van der Waals surface area contributed by atoms with Gasteiger partial charge in [0, 0.05) is 56.4 Å². The monoisotopic (exact) mass is 588 g/mol. The van der Waals surface area contributed by atoms with Crippen molar-refractivity contribution in [3.05, 3.63) is 95.6 Å². The molecule has 1 unspecified atom stereocenters. The Bertz CT molecular complexity index is 1570. The molecule has 3 heterocycles. The molecule has 1 atom stereocenters. The lowest BCUT2D eigenvalue weighted by Gasteiger charge is -2.42. The number of rotatable bonds is 5. The summed E-state index contributed by atoms with van der Waals surface area (Å²) in [6.07, 6.45) is 1.00. The smallest absolute Gasteiger partial charge is 0.411 e.